The highest BCUT2D eigenvalue weighted by molar-refractivity contribution is 7.99. The van der Waals surface area contributed by atoms with Crippen LogP contribution < -0.4 is 5.56 Å². The third-order valence-electron chi connectivity index (χ3n) is 4.94. The van der Waals surface area contributed by atoms with Gasteiger partial charge in [0.1, 0.15) is 5.82 Å². The van der Waals surface area contributed by atoms with Crippen molar-refractivity contribution in [1.82, 2.24) is 14.5 Å². The molecule has 2 aromatic carbocycles. The fourth-order valence-corrected chi connectivity index (χ4v) is 4.14. The number of amides is 1. The second kappa shape index (κ2) is 8.78. The molecule has 3 rings (SSSR count). The second-order valence-electron chi connectivity index (χ2n) is 7.20. The number of halogens is 1. The summed E-state index contributed by atoms with van der Waals surface area (Å²) in [5.74, 6) is -0.247. The Morgan fingerprint density at radius 3 is 2.45 bits per heavy atom. The van der Waals surface area contributed by atoms with Gasteiger partial charge in [0.15, 0.2) is 5.16 Å². The van der Waals surface area contributed by atoms with Crippen LogP contribution in [0.2, 0.25) is 0 Å². The molecule has 0 aliphatic rings. The maximum Gasteiger partial charge on any atom is 0.262 e. The van der Waals surface area contributed by atoms with Crippen molar-refractivity contribution in [1.29, 1.82) is 0 Å². The number of hydrogen-bond acceptors (Lipinski definition) is 4. The van der Waals surface area contributed by atoms with Gasteiger partial charge in [-0.2, -0.15) is 0 Å². The van der Waals surface area contributed by atoms with Crippen molar-refractivity contribution in [2.75, 3.05) is 12.8 Å². The molecule has 0 aliphatic heterocycles. The van der Waals surface area contributed by atoms with E-state index in [0.29, 0.717) is 16.1 Å². The van der Waals surface area contributed by atoms with Crippen LogP contribution in [0.1, 0.15) is 38.4 Å². The monoisotopic (exact) mass is 413 g/mol. The second-order valence-corrected chi connectivity index (χ2v) is 8.14. The third kappa shape index (κ3) is 4.50. The zero-order valence-corrected chi connectivity index (χ0v) is 17.7. The van der Waals surface area contributed by atoms with Crippen molar-refractivity contribution in [2.45, 2.75) is 38.0 Å². The van der Waals surface area contributed by atoms with Crippen molar-refractivity contribution in [3.8, 4) is 0 Å². The van der Waals surface area contributed by atoms with Crippen molar-refractivity contribution < 1.29 is 9.18 Å². The van der Waals surface area contributed by atoms with Crippen LogP contribution in [0, 0.1) is 5.82 Å². The molecule has 1 aromatic heterocycles. The van der Waals surface area contributed by atoms with Crippen molar-refractivity contribution in [3.63, 3.8) is 0 Å². The van der Waals surface area contributed by atoms with Crippen LogP contribution in [0.3, 0.4) is 0 Å². The molecule has 1 amide bonds. The number of thioether (sulfide) groups is 1. The molecule has 0 bridgehead atoms. The van der Waals surface area contributed by atoms with E-state index in [4.69, 9.17) is 0 Å². The number of fused-ring (bicyclic) bond motifs is 1. The number of benzene rings is 2. The molecular weight excluding hydrogens is 389 g/mol. The molecule has 5 nitrogen and oxygen atoms in total. The number of nitrogens with zero attached hydrogens (tertiary/aromatic N) is 3. The van der Waals surface area contributed by atoms with Gasteiger partial charge in [0.2, 0.25) is 5.91 Å². The summed E-state index contributed by atoms with van der Waals surface area (Å²) in [4.78, 5) is 31.9. The highest BCUT2D eigenvalue weighted by Gasteiger charge is 2.20. The molecule has 0 spiro atoms. The molecule has 29 heavy (non-hydrogen) atoms. The van der Waals surface area contributed by atoms with Gasteiger partial charge in [-0.1, -0.05) is 36.0 Å². The topological polar surface area (TPSA) is 55.2 Å². The Morgan fingerprint density at radius 2 is 1.79 bits per heavy atom. The maximum atomic E-state index is 13.1. The average molecular weight is 414 g/mol. The molecule has 7 heteroatoms. The largest absolute Gasteiger partial charge is 0.338 e. The van der Waals surface area contributed by atoms with Gasteiger partial charge >= 0.3 is 0 Å². The zero-order chi connectivity index (χ0) is 21.1. The Labute approximate surface area is 173 Å². The summed E-state index contributed by atoms with van der Waals surface area (Å²) in [6.07, 6.45) is 0. The van der Waals surface area contributed by atoms with Crippen LogP contribution in [-0.2, 0) is 4.79 Å². The number of aromatic nitrogens is 2. The minimum atomic E-state index is -0.306. The van der Waals surface area contributed by atoms with E-state index in [-0.39, 0.29) is 35.1 Å². The van der Waals surface area contributed by atoms with Gasteiger partial charge < -0.3 is 4.90 Å². The predicted octanol–water partition coefficient (Wildman–Crippen LogP) is 4.43. The molecule has 0 aliphatic carbocycles. The van der Waals surface area contributed by atoms with Gasteiger partial charge in [-0.15, -0.1) is 0 Å². The van der Waals surface area contributed by atoms with Gasteiger partial charge in [0, 0.05) is 13.1 Å². The highest BCUT2D eigenvalue weighted by atomic mass is 32.2. The summed E-state index contributed by atoms with van der Waals surface area (Å²) in [5, 5.41) is 1.10. The van der Waals surface area contributed by atoms with Gasteiger partial charge in [-0.25, -0.2) is 9.37 Å². The zero-order valence-electron chi connectivity index (χ0n) is 16.9. The lowest BCUT2D eigenvalue weighted by Gasteiger charge is -2.25. The van der Waals surface area contributed by atoms with Crippen LogP contribution in [0.15, 0.2) is 58.5 Å². The molecule has 0 N–H and O–H groups in total. The maximum absolute atomic E-state index is 13.1. The molecule has 1 unspecified atom stereocenters. The molecule has 0 saturated heterocycles. The Kier molecular flexibility index (Phi) is 6.37. The van der Waals surface area contributed by atoms with Crippen LogP contribution in [0.25, 0.3) is 10.9 Å². The summed E-state index contributed by atoms with van der Waals surface area (Å²) < 4.78 is 14.8. The first kappa shape index (κ1) is 21.0. The van der Waals surface area contributed by atoms with Crippen molar-refractivity contribution in [3.05, 3.63) is 70.3 Å². The number of hydrogen-bond donors (Lipinski definition) is 0. The summed E-state index contributed by atoms with van der Waals surface area (Å²) >= 11 is 1.26. The predicted molar refractivity (Wildman–Crippen MR) is 115 cm³/mol. The molecule has 152 valence electrons. The third-order valence-corrected chi connectivity index (χ3v) is 5.88. The highest BCUT2D eigenvalue weighted by Crippen LogP contribution is 2.24. The van der Waals surface area contributed by atoms with E-state index in [1.54, 1.807) is 40.8 Å². The van der Waals surface area contributed by atoms with Gasteiger partial charge in [0.05, 0.1) is 22.7 Å². The first-order valence-corrected chi connectivity index (χ1v) is 10.4. The molecule has 3 aromatic rings. The van der Waals surface area contributed by atoms with Crippen molar-refractivity contribution >= 4 is 28.6 Å². The molecule has 1 atom stereocenters. The molecule has 1 heterocycles. The van der Waals surface area contributed by atoms with E-state index in [1.165, 1.54) is 23.9 Å². The minimum absolute atomic E-state index is 0.0759. The first-order chi connectivity index (χ1) is 13.8. The van der Waals surface area contributed by atoms with E-state index < -0.39 is 0 Å². The van der Waals surface area contributed by atoms with Gasteiger partial charge in [-0.05, 0) is 50.6 Å². The Morgan fingerprint density at radius 1 is 1.14 bits per heavy atom. The summed E-state index contributed by atoms with van der Waals surface area (Å²) in [7, 11) is 1.72. The van der Waals surface area contributed by atoms with Crippen LogP contribution in [0.5, 0.6) is 0 Å². The SMILES string of the molecule is CC(c1ccc(F)cc1)N(C)C(=O)CSc1nc2ccccc2c(=O)n1C(C)C. The molecular formula is C22H24FN3O2S. The molecule has 0 saturated carbocycles. The van der Waals surface area contributed by atoms with E-state index in [1.807, 2.05) is 32.9 Å². The number of para-hydroxylation sites is 1. The van der Waals surface area contributed by atoms with Crippen LogP contribution in [0.4, 0.5) is 4.39 Å². The molecule has 0 fully saturated rings. The fourth-order valence-electron chi connectivity index (χ4n) is 3.09. The molecule has 0 radical (unpaired) electrons. The van der Waals surface area contributed by atoms with Crippen LogP contribution in [-0.4, -0.2) is 33.2 Å². The lowest BCUT2D eigenvalue weighted by Crippen LogP contribution is -2.31. The smallest absolute Gasteiger partial charge is 0.262 e. The van der Waals surface area contributed by atoms with Gasteiger partial charge in [-0.3, -0.25) is 14.2 Å². The van der Waals surface area contributed by atoms with Crippen LogP contribution >= 0.6 is 11.8 Å². The van der Waals surface area contributed by atoms with Gasteiger partial charge in [0.25, 0.3) is 5.56 Å². The Hall–Kier alpha value is -2.67. The standard InChI is InChI=1S/C22H24FN3O2S/c1-14(2)26-21(28)18-7-5-6-8-19(18)24-22(26)29-13-20(27)25(4)15(3)16-9-11-17(23)12-10-16/h5-12,14-15H,13H2,1-4H3. The first-order valence-electron chi connectivity index (χ1n) is 9.44. The number of carbonyl (C=O) groups excluding carboxylic acids is 1. The number of rotatable bonds is 6. The Balaban J connectivity index is 1.80. The quantitative estimate of drug-likeness (QED) is 0.443. The fraction of sp³-hybridized carbons (Fsp3) is 0.318. The summed E-state index contributed by atoms with van der Waals surface area (Å²) in [6, 6.07) is 13.1. The lowest BCUT2D eigenvalue weighted by atomic mass is 10.1. The van der Waals surface area contributed by atoms with Crippen molar-refractivity contribution in [2.24, 2.45) is 0 Å². The van der Waals surface area contributed by atoms with E-state index in [9.17, 15) is 14.0 Å². The summed E-state index contributed by atoms with van der Waals surface area (Å²) in [6.45, 7) is 5.74. The average Bonchev–Trinajstić information content (AvgIpc) is 2.71. The minimum Gasteiger partial charge on any atom is -0.338 e. The van der Waals surface area contributed by atoms with E-state index in [0.717, 1.165) is 5.56 Å². The van der Waals surface area contributed by atoms with E-state index in [2.05, 4.69) is 4.98 Å². The Bertz CT molecular complexity index is 1080. The number of carbonyl (C=O) groups is 1. The summed E-state index contributed by atoms with van der Waals surface area (Å²) in [5.41, 5.74) is 1.38. The van der Waals surface area contributed by atoms with E-state index >= 15 is 0 Å². The lowest BCUT2D eigenvalue weighted by molar-refractivity contribution is -0.128. The normalized spacial score (nSPS) is 12.3.